The fourth-order valence-electron chi connectivity index (χ4n) is 0.380. The molecule has 11 heavy (non-hydrogen) atoms. The largest absolute Gasteiger partial charge is 0.480 e. The summed E-state index contributed by atoms with van der Waals surface area (Å²) >= 11 is 1.43. The van der Waals surface area contributed by atoms with Crippen molar-refractivity contribution in [2.75, 3.05) is 11.5 Å². The van der Waals surface area contributed by atoms with Crippen LogP contribution in [0.4, 0.5) is 0 Å². The van der Waals surface area contributed by atoms with E-state index in [4.69, 9.17) is 10.8 Å². The van der Waals surface area contributed by atoms with Crippen molar-refractivity contribution in [3.63, 3.8) is 0 Å². The van der Waals surface area contributed by atoms with Crippen LogP contribution in [0.5, 0.6) is 0 Å². The Labute approximate surface area is 70.3 Å². The number of carboxylic acid groups (broad SMARTS) is 1. The Hall–Kier alpha value is -0.660. The van der Waals surface area contributed by atoms with Crippen LogP contribution in [-0.2, 0) is 4.79 Å². The molecule has 0 bridgehead atoms. The van der Waals surface area contributed by atoms with E-state index in [1.165, 1.54) is 11.8 Å². The van der Waals surface area contributed by atoms with Crippen LogP contribution in [0.2, 0.25) is 0 Å². The van der Waals surface area contributed by atoms with E-state index in [0.717, 1.165) is 0 Å². The Bertz CT molecular complexity index is 183. The van der Waals surface area contributed by atoms with Gasteiger partial charge in [-0.05, 0) is 6.92 Å². The Kier molecular flexibility index (Phi) is 5.71. The zero-order chi connectivity index (χ0) is 8.69. The highest BCUT2D eigenvalue weighted by atomic mass is 32.2. The van der Waals surface area contributed by atoms with Crippen molar-refractivity contribution >= 4 is 17.7 Å². The fraction of sp³-hybridized carbons (Fsp3) is 0.571. The number of hydrogen-bond donors (Lipinski definition) is 2. The van der Waals surface area contributed by atoms with Gasteiger partial charge in [-0.25, -0.2) is 0 Å². The van der Waals surface area contributed by atoms with E-state index in [1.807, 2.05) is 0 Å². The van der Waals surface area contributed by atoms with Crippen molar-refractivity contribution in [2.45, 2.75) is 13.0 Å². The first-order valence-corrected chi connectivity index (χ1v) is 4.29. The van der Waals surface area contributed by atoms with E-state index in [0.29, 0.717) is 11.5 Å². The number of rotatable bonds is 4. The van der Waals surface area contributed by atoms with Crippen LogP contribution in [0.25, 0.3) is 0 Å². The van der Waals surface area contributed by atoms with Crippen molar-refractivity contribution in [2.24, 2.45) is 5.73 Å². The van der Waals surface area contributed by atoms with Gasteiger partial charge >= 0.3 is 5.97 Å². The predicted octanol–water partition coefficient (Wildman–Crippen LogP) is 0.155. The molecule has 0 aromatic carbocycles. The number of hydrogen-bond acceptors (Lipinski definition) is 3. The minimum Gasteiger partial charge on any atom is -0.480 e. The van der Waals surface area contributed by atoms with E-state index in [1.54, 1.807) is 6.92 Å². The highest BCUT2D eigenvalue weighted by Crippen LogP contribution is 1.99. The van der Waals surface area contributed by atoms with Gasteiger partial charge in [0.05, 0.1) is 5.75 Å². The lowest BCUT2D eigenvalue weighted by atomic mass is 10.4. The third-order valence-corrected chi connectivity index (χ3v) is 1.91. The molecule has 0 aromatic heterocycles. The molecule has 0 aliphatic rings. The van der Waals surface area contributed by atoms with E-state index >= 15 is 0 Å². The standard InChI is InChI=1S/C7H11NO2S/c1-2-3-4-11-5-6(8)7(9)10/h6H,4-5,8H2,1H3,(H,9,10). The number of aliphatic carboxylic acids is 1. The average molecular weight is 173 g/mol. The lowest BCUT2D eigenvalue weighted by Crippen LogP contribution is -2.32. The molecule has 4 heteroatoms. The summed E-state index contributed by atoms with van der Waals surface area (Å²) in [4.78, 5) is 10.2. The van der Waals surface area contributed by atoms with Gasteiger partial charge in [0.1, 0.15) is 6.04 Å². The Morgan fingerprint density at radius 3 is 2.91 bits per heavy atom. The summed E-state index contributed by atoms with van der Waals surface area (Å²) < 4.78 is 0. The van der Waals surface area contributed by atoms with E-state index in [9.17, 15) is 4.79 Å². The van der Waals surface area contributed by atoms with Crippen LogP contribution in [-0.4, -0.2) is 28.6 Å². The summed E-state index contributed by atoms with van der Waals surface area (Å²) in [7, 11) is 0. The first-order valence-electron chi connectivity index (χ1n) is 3.14. The highest BCUT2D eigenvalue weighted by Gasteiger charge is 2.09. The maximum Gasteiger partial charge on any atom is 0.321 e. The molecule has 0 spiro atoms. The Morgan fingerprint density at radius 2 is 2.45 bits per heavy atom. The molecule has 0 fully saturated rings. The zero-order valence-electron chi connectivity index (χ0n) is 6.33. The van der Waals surface area contributed by atoms with Crippen molar-refractivity contribution < 1.29 is 9.90 Å². The summed E-state index contributed by atoms with van der Waals surface area (Å²) in [6.07, 6.45) is 0. The van der Waals surface area contributed by atoms with Crippen molar-refractivity contribution in [3.8, 4) is 11.8 Å². The molecule has 0 saturated carbocycles. The molecular weight excluding hydrogens is 162 g/mol. The Morgan fingerprint density at radius 1 is 1.82 bits per heavy atom. The third-order valence-electron chi connectivity index (χ3n) is 0.966. The zero-order valence-corrected chi connectivity index (χ0v) is 7.15. The van der Waals surface area contributed by atoms with Crippen molar-refractivity contribution in [3.05, 3.63) is 0 Å². The van der Waals surface area contributed by atoms with Gasteiger partial charge in [0, 0.05) is 5.75 Å². The van der Waals surface area contributed by atoms with Crippen molar-refractivity contribution in [1.29, 1.82) is 0 Å². The highest BCUT2D eigenvalue weighted by molar-refractivity contribution is 7.99. The third kappa shape index (κ3) is 5.77. The molecule has 0 radical (unpaired) electrons. The van der Waals surface area contributed by atoms with Gasteiger partial charge in [-0.3, -0.25) is 4.79 Å². The van der Waals surface area contributed by atoms with E-state index in [2.05, 4.69) is 11.8 Å². The van der Waals surface area contributed by atoms with Gasteiger partial charge in [-0.1, -0.05) is 5.92 Å². The summed E-state index contributed by atoms with van der Waals surface area (Å²) in [5.74, 6) is 5.63. The molecule has 1 atom stereocenters. The van der Waals surface area contributed by atoms with E-state index in [-0.39, 0.29) is 0 Å². The summed E-state index contributed by atoms with van der Waals surface area (Å²) in [5, 5.41) is 8.36. The summed E-state index contributed by atoms with van der Waals surface area (Å²) in [6.45, 7) is 1.75. The molecule has 3 N–H and O–H groups in total. The second kappa shape index (κ2) is 6.08. The molecule has 3 nitrogen and oxygen atoms in total. The van der Waals surface area contributed by atoms with Crippen LogP contribution in [0, 0.1) is 11.8 Å². The van der Waals surface area contributed by atoms with E-state index < -0.39 is 12.0 Å². The molecule has 0 aromatic rings. The van der Waals surface area contributed by atoms with Crippen LogP contribution < -0.4 is 5.73 Å². The molecule has 0 saturated heterocycles. The van der Waals surface area contributed by atoms with Gasteiger partial charge in [0.2, 0.25) is 0 Å². The summed E-state index contributed by atoms with van der Waals surface area (Å²) in [6, 6.07) is -0.765. The van der Waals surface area contributed by atoms with Gasteiger partial charge in [0.15, 0.2) is 0 Å². The lowest BCUT2D eigenvalue weighted by Gasteiger charge is -2.02. The SMILES string of the molecule is CC#CCSCC(N)C(=O)O. The minimum absolute atomic E-state index is 0.421. The van der Waals surface area contributed by atoms with Crippen LogP contribution in [0.1, 0.15) is 6.92 Å². The Balaban J connectivity index is 3.36. The average Bonchev–Trinajstić information content (AvgIpc) is 1.97. The molecule has 0 heterocycles. The molecule has 0 aliphatic heterocycles. The quantitative estimate of drug-likeness (QED) is 0.469. The van der Waals surface area contributed by atoms with Crippen LogP contribution >= 0.6 is 11.8 Å². The smallest absolute Gasteiger partial charge is 0.321 e. The monoisotopic (exact) mass is 173 g/mol. The maximum absolute atomic E-state index is 10.2. The van der Waals surface area contributed by atoms with Crippen LogP contribution in [0.15, 0.2) is 0 Å². The molecule has 0 rings (SSSR count). The molecular formula is C7H11NO2S. The second-order valence-corrected chi connectivity index (χ2v) is 2.92. The molecule has 62 valence electrons. The second-order valence-electron chi connectivity index (χ2n) is 1.89. The predicted molar refractivity (Wildman–Crippen MR) is 46.4 cm³/mol. The molecule has 0 aliphatic carbocycles. The fourth-order valence-corrected chi connectivity index (χ4v) is 1.14. The first-order chi connectivity index (χ1) is 5.18. The molecule has 1 unspecified atom stereocenters. The molecule has 0 amide bonds. The van der Waals surface area contributed by atoms with Gasteiger partial charge in [-0.2, -0.15) is 0 Å². The lowest BCUT2D eigenvalue weighted by molar-refractivity contribution is -0.137. The number of nitrogens with two attached hydrogens (primary N) is 1. The number of thioether (sulfide) groups is 1. The van der Waals surface area contributed by atoms with Crippen molar-refractivity contribution in [1.82, 2.24) is 0 Å². The topological polar surface area (TPSA) is 63.3 Å². The summed E-state index contributed by atoms with van der Waals surface area (Å²) in [5.41, 5.74) is 5.23. The minimum atomic E-state index is -0.957. The maximum atomic E-state index is 10.2. The normalized spacial score (nSPS) is 11.5. The first kappa shape index (κ1) is 10.3. The number of carboxylic acids is 1. The van der Waals surface area contributed by atoms with Gasteiger partial charge < -0.3 is 10.8 Å². The van der Waals surface area contributed by atoms with Crippen LogP contribution in [0.3, 0.4) is 0 Å². The number of carbonyl (C=O) groups is 1. The van der Waals surface area contributed by atoms with Gasteiger partial charge in [-0.15, -0.1) is 17.7 Å². The van der Waals surface area contributed by atoms with Gasteiger partial charge in [0.25, 0.3) is 0 Å².